The number of rotatable bonds is 4. The smallest absolute Gasteiger partial charge is 0.132 e. The topological polar surface area (TPSA) is 48.7 Å². The van der Waals surface area contributed by atoms with E-state index in [1.54, 1.807) is 12.1 Å². The van der Waals surface area contributed by atoms with Gasteiger partial charge in [0, 0.05) is 6.04 Å². The minimum Gasteiger partial charge on any atom is -0.367 e. The molecule has 1 rings (SSSR count). The van der Waals surface area contributed by atoms with Crippen LogP contribution in [-0.2, 0) is 0 Å². The van der Waals surface area contributed by atoms with Crippen molar-refractivity contribution < 1.29 is 0 Å². The SMILES string of the molecule is CCC(Nc1cc(C#N)cc(Cl)n1)C(C)C. The normalized spacial score (nSPS) is 12.2. The molecule has 0 saturated carbocycles. The average molecular weight is 238 g/mol. The van der Waals surface area contributed by atoms with Gasteiger partial charge in [-0.15, -0.1) is 0 Å². The van der Waals surface area contributed by atoms with Crippen LogP contribution in [0.3, 0.4) is 0 Å². The fourth-order valence-corrected chi connectivity index (χ4v) is 1.77. The first-order chi connectivity index (χ1) is 7.56. The molecule has 86 valence electrons. The molecule has 1 heterocycles. The van der Waals surface area contributed by atoms with E-state index in [4.69, 9.17) is 16.9 Å². The summed E-state index contributed by atoms with van der Waals surface area (Å²) < 4.78 is 0. The van der Waals surface area contributed by atoms with Gasteiger partial charge in [0.2, 0.25) is 0 Å². The summed E-state index contributed by atoms with van der Waals surface area (Å²) in [6, 6.07) is 5.69. The highest BCUT2D eigenvalue weighted by molar-refractivity contribution is 6.29. The lowest BCUT2D eigenvalue weighted by atomic mass is 10.0. The van der Waals surface area contributed by atoms with Gasteiger partial charge in [0.15, 0.2) is 0 Å². The van der Waals surface area contributed by atoms with Gasteiger partial charge in [0.1, 0.15) is 11.0 Å². The van der Waals surface area contributed by atoms with Gasteiger partial charge in [-0.25, -0.2) is 4.98 Å². The lowest BCUT2D eigenvalue weighted by Crippen LogP contribution is -2.25. The van der Waals surface area contributed by atoms with E-state index >= 15 is 0 Å². The molecule has 0 spiro atoms. The Hall–Kier alpha value is -1.27. The highest BCUT2D eigenvalue weighted by Crippen LogP contribution is 2.17. The molecule has 0 fully saturated rings. The number of hydrogen-bond acceptors (Lipinski definition) is 3. The number of nitrogens with one attached hydrogen (secondary N) is 1. The van der Waals surface area contributed by atoms with Crippen LogP contribution >= 0.6 is 11.6 Å². The monoisotopic (exact) mass is 237 g/mol. The molecule has 0 radical (unpaired) electrons. The van der Waals surface area contributed by atoms with Gasteiger partial charge < -0.3 is 5.32 Å². The number of hydrogen-bond donors (Lipinski definition) is 1. The Kier molecular flexibility index (Phi) is 4.57. The number of nitriles is 1. The Balaban J connectivity index is 2.88. The van der Waals surface area contributed by atoms with E-state index in [0.717, 1.165) is 6.42 Å². The minimum absolute atomic E-state index is 0.345. The third-order valence-electron chi connectivity index (χ3n) is 2.50. The predicted octanol–water partition coefficient (Wildman–Crippen LogP) is 3.45. The van der Waals surface area contributed by atoms with Crippen molar-refractivity contribution in [1.82, 2.24) is 4.98 Å². The molecule has 16 heavy (non-hydrogen) atoms. The second-order valence-corrected chi connectivity index (χ2v) is 4.47. The molecule has 1 atom stereocenters. The molecule has 0 aromatic carbocycles. The molecule has 0 amide bonds. The maximum atomic E-state index is 8.82. The van der Waals surface area contributed by atoms with Crippen molar-refractivity contribution in [3.8, 4) is 6.07 Å². The van der Waals surface area contributed by atoms with E-state index in [9.17, 15) is 0 Å². The molecule has 0 bridgehead atoms. The molecule has 0 saturated heterocycles. The summed E-state index contributed by atoms with van der Waals surface area (Å²) in [5, 5.41) is 12.5. The quantitative estimate of drug-likeness (QED) is 0.816. The van der Waals surface area contributed by atoms with Crippen LogP contribution < -0.4 is 5.32 Å². The summed E-state index contributed by atoms with van der Waals surface area (Å²) in [6.45, 7) is 6.42. The van der Waals surface area contributed by atoms with Gasteiger partial charge in [-0.2, -0.15) is 5.26 Å². The Labute approximate surface area is 101 Å². The van der Waals surface area contributed by atoms with Crippen molar-refractivity contribution >= 4 is 17.4 Å². The van der Waals surface area contributed by atoms with Crippen LogP contribution in [0.25, 0.3) is 0 Å². The first-order valence-electron chi connectivity index (χ1n) is 5.41. The van der Waals surface area contributed by atoms with E-state index in [2.05, 4.69) is 37.1 Å². The molecule has 3 nitrogen and oxygen atoms in total. The van der Waals surface area contributed by atoms with Crippen molar-refractivity contribution in [1.29, 1.82) is 5.26 Å². The highest BCUT2D eigenvalue weighted by Gasteiger charge is 2.11. The third kappa shape index (κ3) is 3.39. The lowest BCUT2D eigenvalue weighted by Gasteiger charge is -2.21. The first-order valence-corrected chi connectivity index (χ1v) is 5.78. The molecule has 0 aliphatic carbocycles. The Morgan fingerprint density at radius 1 is 1.50 bits per heavy atom. The zero-order valence-electron chi connectivity index (χ0n) is 9.79. The van der Waals surface area contributed by atoms with Gasteiger partial charge >= 0.3 is 0 Å². The standard InChI is InChI=1S/C12H16ClN3/c1-4-10(8(2)3)15-12-6-9(7-14)5-11(13)16-12/h5-6,8,10H,4H2,1-3H3,(H,15,16). The van der Waals surface area contributed by atoms with Crippen LogP contribution in [0, 0.1) is 17.2 Å². The van der Waals surface area contributed by atoms with Crippen LogP contribution in [0.1, 0.15) is 32.8 Å². The number of halogens is 1. The highest BCUT2D eigenvalue weighted by atomic mass is 35.5. The Morgan fingerprint density at radius 3 is 2.69 bits per heavy atom. The Bertz CT molecular complexity index is 396. The number of aromatic nitrogens is 1. The number of pyridine rings is 1. The van der Waals surface area contributed by atoms with Crippen LogP contribution in [0.15, 0.2) is 12.1 Å². The summed E-state index contributed by atoms with van der Waals surface area (Å²) in [6.07, 6.45) is 1.01. The van der Waals surface area contributed by atoms with Crippen LogP contribution in [0.2, 0.25) is 5.15 Å². The molecule has 0 aliphatic heterocycles. The third-order valence-corrected chi connectivity index (χ3v) is 2.69. The van der Waals surface area contributed by atoms with E-state index in [-0.39, 0.29) is 0 Å². The lowest BCUT2D eigenvalue weighted by molar-refractivity contribution is 0.510. The van der Waals surface area contributed by atoms with Crippen molar-refractivity contribution in [2.24, 2.45) is 5.92 Å². The maximum Gasteiger partial charge on any atom is 0.132 e. The number of anilines is 1. The van der Waals surface area contributed by atoms with Crippen molar-refractivity contribution in [3.05, 3.63) is 22.8 Å². The minimum atomic E-state index is 0.345. The van der Waals surface area contributed by atoms with Crippen LogP contribution in [0.5, 0.6) is 0 Å². The van der Waals surface area contributed by atoms with E-state index < -0.39 is 0 Å². The van der Waals surface area contributed by atoms with Gasteiger partial charge in [-0.1, -0.05) is 32.4 Å². The fourth-order valence-electron chi connectivity index (χ4n) is 1.57. The molecule has 1 N–H and O–H groups in total. The average Bonchev–Trinajstić information content (AvgIpc) is 2.24. The summed E-state index contributed by atoms with van der Waals surface area (Å²) >= 11 is 5.83. The molecule has 1 aromatic rings. The summed E-state index contributed by atoms with van der Waals surface area (Å²) in [5.74, 6) is 1.18. The second kappa shape index (κ2) is 5.72. The molecular weight excluding hydrogens is 222 g/mol. The first kappa shape index (κ1) is 12.8. The summed E-state index contributed by atoms with van der Waals surface area (Å²) in [4.78, 5) is 4.16. The summed E-state index contributed by atoms with van der Waals surface area (Å²) in [5.41, 5.74) is 0.529. The molecule has 1 aromatic heterocycles. The molecule has 4 heteroatoms. The predicted molar refractivity (Wildman–Crippen MR) is 66.5 cm³/mol. The second-order valence-electron chi connectivity index (χ2n) is 4.08. The molecular formula is C12H16ClN3. The van der Waals surface area contributed by atoms with Crippen molar-refractivity contribution in [3.63, 3.8) is 0 Å². The van der Waals surface area contributed by atoms with Crippen LogP contribution in [-0.4, -0.2) is 11.0 Å². The van der Waals surface area contributed by atoms with Gasteiger partial charge in [0.05, 0.1) is 11.6 Å². The zero-order valence-corrected chi connectivity index (χ0v) is 10.5. The van der Waals surface area contributed by atoms with Gasteiger partial charge in [-0.05, 0) is 24.5 Å². The molecule has 0 aliphatic rings. The zero-order chi connectivity index (χ0) is 12.1. The van der Waals surface area contributed by atoms with E-state index in [1.165, 1.54) is 0 Å². The van der Waals surface area contributed by atoms with Gasteiger partial charge in [0.25, 0.3) is 0 Å². The van der Waals surface area contributed by atoms with E-state index in [1.807, 2.05) is 0 Å². The van der Waals surface area contributed by atoms with Crippen molar-refractivity contribution in [2.75, 3.05) is 5.32 Å². The Morgan fingerprint density at radius 2 is 2.19 bits per heavy atom. The summed E-state index contributed by atoms with van der Waals surface area (Å²) in [7, 11) is 0. The largest absolute Gasteiger partial charge is 0.367 e. The maximum absolute atomic E-state index is 8.82. The number of nitrogens with zero attached hydrogens (tertiary/aromatic N) is 2. The van der Waals surface area contributed by atoms with Crippen molar-refractivity contribution in [2.45, 2.75) is 33.2 Å². The molecule has 1 unspecified atom stereocenters. The van der Waals surface area contributed by atoms with E-state index in [0.29, 0.717) is 28.5 Å². The van der Waals surface area contributed by atoms with Crippen LogP contribution in [0.4, 0.5) is 5.82 Å². The van der Waals surface area contributed by atoms with Gasteiger partial charge in [-0.3, -0.25) is 0 Å². The fraction of sp³-hybridized carbons (Fsp3) is 0.500.